The molecule has 172 valence electrons. The maximum absolute atomic E-state index is 13.3. The Bertz CT molecular complexity index is 1300. The van der Waals surface area contributed by atoms with E-state index in [1.54, 1.807) is 22.0 Å². The quantitative estimate of drug-likeness (QED) is 0.312. The molecule has 2 aromatic heterocycles. The topological polar surface area (TPSA) is 82.5 Å². The first kappa shape index (κ1) is 22.0. The number of benzene rings is 1. The number of carbonyl (C=O) groups is 1. The summed E-state index contributed by atoms with van der Waals surface area (Å²) in [7, 11) is 0. The molecule has 0 unspecified atom stereocenters. The molecule has 0 spiro atoms. The summed E-state index contributed by atoms with van der Waals surface area (Å²) >= 11 is 2.90. The Balaban J connectivity index is 1.31. The van der Waals surface area contributed by atoms with Gasteiger partial charge in [-0.3, -0.25) is 14.2 Å². The van der Waals surface area contributed by atoms with Gasteiger partial charge in [0.05, 0.1) is 11.1 Å². The highest BCUT2D eigenvalue weighted by Gasteiger charge is 2.24. The van der Waals surface area contributed by atoms with Gasteiger partial charge in [-0.05, 0) is 48.4 Å². The van der Waals surface area contributed by atoms with Crippen LogP contribution in [0.1, 0.15) is 29.3 Å². The van der Waals surface area contributed by atoms with E-state index in [9.17, 15) is 9.59 Å². The number of ether oxygens (including phenoxy) is 2. The maximum Gasteiger partial charge on any atom is 0.263 e. The van der Waals surface area contributed by atoms with Gasteiger partial charge in [-0.2, -0.15) is 0 Å². The summed E-state index contributed by atoms with van der Waals surface area (Å²) in [5.41, 5.74) is 2.07. The van der Waals surface area contributed by atoms with E-state index in [0.29, 0.717) is 35.7 Å². The average Bonchev–Trinajstić information content (AvgIpc) is 3.41. The van der Waals surface area contributed by atoms with Crippen LogP contribution in [0.3, 0.4) is 0 Å². The number of hydrogen-bond acceptors (Lipinski definition) is 7. The van der Waals surface area contributed by atoms with E-state index in [2.05, 4.69) is 18.8 Å². The Morgan fingerprint density at radius 3 is 3.09 bits per heavy atom. The molecule has 1 aliphatic carbocycles. The molecule has 5 rings (SSSR count). The SMILES string of the molecule is C=CCn1c(SCC(=O)NCc2ccc3c(c2)OCO3)nc2sc3c(c2c1=O)CC[C@H](C)C3. The van der Waals surface area contributed by atoms with Crippen molar-refractivity contribution in [3.8, 4) is 11.5 Å². The van der Waals surface area contributed by atoms with Gasteiger partial charge in [-0.25, -0.2) is 4.98 Å². The van der Waals surface area contributed by atoms with Gasteiger partial charge in [0.2, 0.25) is 12.7 Å². The van der Waals surface area contributed by atoms with Crippen molar-refractivity contribution in [2.45, 2.75) is 44.4 Å². The van der Waals surface area contributed by atoms with Gasteiger partial charge < -0.3 is 14.8 Å². The zero-order valence-corrected chi connectivity index (χ0v) is 20.0. The number of amides is 1. The van der Waals surface area contributed by atoms with Crippen molar-refractivity contribution in [3.05, 3.63) is 57.2 Å². The van der Waals surface area contributed by atoms with E-state index in [4.69, 9.17) is 14.5 Å². The fourth-order valence-corrected chi connectivity index (χ4v) is 6.50. The fourth-order valence-electron chi connectivity index (χ4n) is 4.24. The molecule has 1 aromatic carbocycles. The van der Waals surface area contributed by atoms with E-state index in [0.717, 1.165) is 35.0 Å². The lowest BCUT2D eigenvalue weighted by Gasteiger charge is -2.17. The molecule has 1 atom stereocenters. The molecule has 0 radical (unpaired) electrons. The van der Waals surface area contributed by atoms with Gasteiger partial charge in [-0.15, -0.1) is 17.9 Å². The number of nitrogens with one attached hydrogen (secondary N) is 1. The van der Waals surface area contributed by atoms with Crippen LogP contribution < -0.4 is 20.3 Å². The molecule has 1 N–H and O–H groups in total. The predicted molar refractivity (Wildman–Crippen MR) is 130 cm³/mol. The predicted octanol–water partition coefficient (Wildman–Crippen LogP) is 3.91. The second-order valence-corrected chi connectivity index (χ2v) is 10.4. The van der Waals surface area contributed by atoms with Gasteiger partial charge in [-0.1, -0.05) is 30.8 Å². The highest BCUT2D eigenvalue weighted by Crippen LogP contribution is 2.36. The number of thioether (sulfide) groups is 1. The fraction of sp³-hybridized carbons (Fsp3) is 0.375. The molecule has 0 saturated carbocycles. The Morgan fingerprint density at radius 1 is 1.39 bits per heavy atom. The van der Waals surface area contributed by atoms with E-state index in [-0.39, 0.29) is 24.0 Å². The highest BCUT2D eigenvalue weighted by atomic mass is 32.2. The minimum atomic E-state index is -0.128. The standard InChI is InChI=1S/C24H25N3O4S2/c1-3-8-27-23(29)21-16-6-4-14(2)9-19(16)33-22(21)26-24(27)32-12-20(28)25-11-15-5-7-17-18(10-15)31-13-30-17/h3,5,7,10,14H,1,4,6,8-9,11-13H2,2H3,(H,25,28)/t14-/m0/s1. The van der Waals surface area contributed by atoms with Crippen LogP contribution in [-0.4, -0.2) is 28.0 Å². The van der Waals surface area contributed by atoms with Gasteiger partial charge in [0.1, 0.15) is 4.83 Å². The van der Waals surface area contributed by atoms with Gasteiger partial charge in [0.15, 0.2) is 16.7 Å². The van der Waals surface area contributed by atoms with Crippen molar-refractivity contribution < 1.29 is 14.3 Å². The number of allylic oxidation sites excluding steroid dienone is 1. The zero-order valence-electron chi connectivity index (χ0n) is 18.4. The van der Waals surface area contributed by atoms with E-state index in [1.807, 2.05) is 18.2 Å². The van der Waals surface area contributed by atoms with Crippen LogP contribution in [0.4, 0.5) is 0 Å². The van der Waals surface area contributed by atoms with Crippen molar-refractivity contribution in [1.82, 2.24) is 14.9 Å². The minimum absolute atomic E-state index is 0.0322. The second-order valence-electron chi connectivity index (χ2n) is 8.38. The first-order valence-electron chi connectivity index (χ1n) is 11.0. The number of hydrogen-bond donors (Lipinski definition) is 1. The van der Waals surface area contributed by atoms with Crippen molar-refractivity contribution >= 4 is 39.2 Å². The summed E-state index contributed by atoms with van der Waals surface area (Å²) in [6, 6.07) is 5.61. The van der Waals surface area contributed by atoms with Crippen molar-refractivity contribution in [1.29, 1.82) is 0 Å². The first-order valence-corrected chi connectivity index (χ1v) is 12.8. The molecule has 7 nitrogen and oxygen atoms in total. The molecular formula is C24H25N3O4S2. The smallest absolute Gasteiger partial charge is 0.263 e. The van der Waals surface area contributed by atoms with Crippen LogP contribution >= 0.6 is 23.1 Å². The molecule has 33 heavy (non-hydrogen) atoms. The molecule has 3 aromatic rings. The van der Waals surface area contributed by atoms with Crippen LogP contribution in [0.2, 0.25) is 0 Å². The largest absolute Gasteiger partial charge is 0.454 e. The molecule has 2 aliphatic rings. The molecule has 0 bridgehead atoms. The molecule has 1 aliphatic heterocycles. The normalized spacial score (nSPS) is 16.6. The molecular weight excluding hydrogens is 458 g/mol. The first-order chi connectivity index (χ1) is 16.0. The monoisotopic (exact) mass is 483 g/mol. The second kappa shape index (κ2) is 9.23. The maximum atomic E-state index is 13.3. The van der Waals surface area contributed by atoms with Gasteiger partial charge in [0, 0.05) is 18.0 Å². The van der Waals surface area contributed by atoms with Crippen molar-refractivity contribution in [3.63, 3.8) is 0 Å². The molecule has 9 heteroatoms. The summed E-state index contributed by atoms with van der Waals surface area (Å²) in [6.07, 6.45) is 4.72. The number of aryl methyl sites for hydroxylation is 1. The van der Waals surface area contributed by atoms with Crippen molar-refractivity contribution in [2.24, 2.45) is 5.92 Å². The third-order valence-corrected chi connectivity index (χ3v) is 8.08. The van der Waals surface area contributed by atoms with Crippen LogP contribution in [0.5, 0.6) is 11.5 Å². The van der Waals surface area contributed by atoms with Crippen molar-refractivity contribution in [2.75, 3.05) is 12.5 Å². The molecule has 3 heterocycles. The lowest BCUT2D eigenvalue weighted by Crippen LogP contribution is -2.26. The number of thiophene rings is 1. The van der Waals surface area contributed by atoms with Crippen LogP contribution in [0.15, 0.2) is 40.8 Å². The third-order valence-electron chi connectivity index (χ3n) is 5.95. The third kappa shape index (κ3) is 4.39. The van der Waals surface area contributed by atoms with Crippen LogP contribution in [0, 0.1) is 5.92 Å². The number of aromatic nitrogens is 2. The van der Waals surface area contributed by atoms with E-state index >= 15 is 0 Å². The van der Waals surface area contributed by atoms with E-state index < -0.39 is 0 Å². The number of carbonyl (C=O) groups excluding carboxylic acids is 1. The van der Waals surface area contributed by atoms with Crippen LogP contribution in [-0.2, 0) is 30.7 Å². The molecule has 0 saturated heterocycles. The van der Waals surface area contributed by atoms with E-state index in [1.165, 1.54) is 22.2 Å². The number of fused-ring (bicyclic) bond motifs is 4. The Morgan fingerprint density at radius 2 is 2.24 bits per heavy atom. The minimum Gasteiger partial charge on any atom is -0.454 e. The number of nitrogens with zero attached hydrogens (tertiary/aromatic N) is 2. The highest BCUT2D eigenvalue weighted by molar-refractivity contribution is 7.99. The van der Waals surface area contributed by atoms with Gasteiger partial charge in [0.25, 0.3) is 5.56 Å². The summed E-state index contributed by atoms with van der Waals surface area (Å²) in [4.78, 5) is 32.7. The zero-order chi connectivity index (χ0) is 22.9. The van der Waals surface area contributed by atoms with Crippen LogP contribution in [0.25, 0.3) is 10.2 Å². The lowest BCUT2D eigenvalue weighted by atomic mass is 9.89. The molecule has 0 fully saturated rings. The Kier molecular flexibility index (Phi) is 6.16. The van der Waals surface area contributed by atoms with Gasteiger partial charge >= 0.3 is 0 Å². The average molecular weight is 484 g/mol. The molecule has 1 amide bonds. The summed E-state index contributed by atoms with van der Waals surface area (Å²) in [6.45, 7) is 7.02. The number of rotatable bonds is 7. The summed E-state index contributed by atoms with van der Waals surface area (Å²) in [5, 5.41) is 4.22. The lowest BCUT2D eigenvalue weighted by molar-refractivity contribution is -0.118. The summed E-state index contributed by atoms with van der Waals surface area (Å²) in [5.74, 6) is 2.07. The Labute approximate surface area is 199 Å². The Hall–Kier alpha value is -2.78. The summed E-state index contributed by atoms with van der Waals surface area (Å²) < 4.78 is 12.3.